The molecule has 0 fully saturated rings. The fraction of sp³-hybridized carbons (Fsp3) is 0.250. The number of hydrogen-bond acceptors (Lipinski definition) is 4. The van der Waals surface area contributed by atoms with E-state index in [1.807, 2.05) is 5.32 Å². The van der Waals surface area contributed by atoms with Crippen molar-refractivity contribution in [3.63, 3.8) is 0 Å². The Balaban J connectivity index is 2.26. The lowest BCUT2D eigenvalue weighted by atomic mass is 10.0. The monoisotopic (exact) mass is 420 g/mol. The largest absolute Gasteiger partial charge is 0.326 e. The highest BCUT2D eigenvalue weighted by molar-refractivity contribution is 6.35. The second kappa shape index (κ2) is 8.53. The van der Waals surface area contributed by atoms with Crippen LogP contribution in [0, 0.1) is 5.82 Å². The molecule has 0 aliphatic carbocycles. The van der Waals surface area contributed by atoms with Crippen molar-refractivity contribution in [2.45, 2.75) is 26.2 Å². The van der Waals surface area contributed by atoms with Crippen molar-refractivity contribution < 1.29 is 22.8 Å². The average Bonchev–Trinajstić information content (AvgIpc) is 2.57. The molecule has 2 rings (SSSR count). The zero-order valence-electron chi connectivity index (χ0n) is 14.0. The van der Waals surface area contributed by atoms with Crippen molar-refractivity contribution in [3.8, 4) is 0 Å². The first-order valence-corrected chi connectivity index (χ1v) is 8.28. The molecular weight excluding hydrogens is 408 g/mol. The highest BCUT2D eigenvalue weighted by Crippen LogP contribution is 2.32. The van der Waals surface area contributed by atoms with Crippen LogP contribution in [0.15, 0.2) is 18.3 Å². The quantitative estimate of drug-likeness (QED) is 0.685. The molecule has 0 aliphatic heterocycles. The summed E-state index contributed by atoms with van der Waals surface area (Å²) >= 11 is 11.1. The van der Waals surface area contributed by atoms with Gasteiger partial charge in [0.1, 0.15) is 5.15 Å². The first-order chi connectivity index (χ1) is 12.6. The van der Waals surface area contributed by atoms with Gasteiger partial charge in [0, 0.05) is 11.8 Å². The van der Waals surface area contributed by atoms with Gasteiger partial charge in [-0.3, -0.25) is 15.1 Å². The first kappa shape index (κ1) is 20.9. The molecule has 3 amide bonds. The van der Waals surface area contributed by atoms with Crippen LogP contribution < -0.4 is 10.6 Å². The lowest BCUT2D eigenvalue weighted by Gasteiger charge is -2.17. The molecule has 27 heavy (non-hydrogen) atoms. The van der Waals surface area contributed by atoms with Crippen LogP contribution in [0.1, 0.15) is 47.8 Å². The summed E-state index contributed by atoms with van der Waals surface area (Å²) < 4.78 is 39.9. The SMILES string of the molecule is CC(C)c1nccc(C(F)F)c1NC(=O)NC(=O)c1cc(F)c(Cl)nc1Cl. The van der Waals surface area contributed by atoms with Gasteiger partial charge in [0.25, 0.3) is 12.3 Å². The van der Waals surface area contributed by atoms with Gasteiger partial charge in [-0.2, -0.15) is 0 Å². The Labute approximate surface area is 162 Å². The fourth-order valence-corrected chi connectivity index (χ4v) is 2.58. The van der Waals surface area contributed by atoms with E-state index in [0.717, 1.165) is 6.07 Å². The van der Waals surface area contributed by atoms with Gasteiger partial charge in [-0.1, -0.05) is 37.0 Å². The molecule has 2 heterocycles. The normalized spacial score (nSPS) is 11.0. The second-order valence-corrected chi connectivity index (χ2v) is 6.34. The summed E-state index contributed by atoms with van der Waals surface area (Å²) in [7, 11) is 0. The van der Waals surface area contributed by atoms with Crippen LogP contribution in [0.4, 0.5) is 23.7 Å². The number of rotatable bonds is 4. The number of anilines is 1. The van der Waals surface area contributed by atoms with Gasteiger partial charge >= 0.3 is 6.03 Å². The van der Waals surface area contributed by atoms with Crippen molar-refractivity contribution in [1.82, 2.24) is 15.3 Å². The minimum Gasteiger partial charge on any atom is -0.305 e. The van der Waals surface area contributed by atoms with Gasteiger partial charge in [-0.15, -0.1) is 0 Å². The van der Waals surface area contributed by atoms with E-state index < -0.39 is 45.6 Å². The maximum atomic E-state index is 13.5. The van der Waals surface area contributed by atoms with Gasteiger partial charge in [0.2, 0.25) is 0 Å². The smallest absolute Gasteiger partial charge is 0.305 e. The standard InChI is InChI=1S/C16H13Cl2F3N4O2/c1-6(2)10-11(7(14(20)21)3-4-22-10)23-16(27)25-15(26)8-5-9(19)13(18)24-12(8)17/h3-6,14H,1-2H3,(H2,23,25,26,27). The highest BCUT2D eigenvalue weighted by atomic mass is 35.5. The van der Waals surface area contributed by atoms with E-state index in [2.05, 4.69) is 15.3 Å². The zero-order valence-corrected chi connectivity index (χ0v) is 15.5. The molecule has 0 aliphatic rings. The summed E-state index contributed by atoms with van der Waals surface area (Å²) in [5.74, 6) is -2.38. The number of pyridine rings is 2. The number of alkyl halides is 2. The Hall–Kier alpha value is -2.39. The lowest BCUT2D eigenvalue weighted by Crippen LogP contribution is -2.35. The Morgan fingerprint density at radius 1 is 1.19 bits per heavy atom. The fourth-order valence-electron chi connectivity index (χ4n) is 2.17. The first-order valence-electron chi connectivity index (χ1n) is 7.52. The van der Waals surface area contributed by atoms with E-state index in [9.17, 15) is 22.8 Å². The van der Waals surface area contributed by atoms with E-state index in [-0.39, 0.29) is 17.3 Å². The summed E-state index contributed by atoms with van der Waals surface area (Å²) in [5, 5.41) is 3.09. The van der Waals surface area contributed by atoms with E-state index in [0.29, 0.717) is 6.07 Å². The Kier molecular flexibility index (Phi) is 6.61. The van der Waals surface area contributed by atoms with Crippen molar-refractivity contribution in [3.05, 3.63) is 51.3 Å². The molecule has 11 heteroatoms. The van der Waals surface area contributed by atoms with Crippen molar-refractivity contribution in [2.75, 3.05) is 5.32 Å². The summed E-state index contributed by atoms with van der Waals surface area (Å²) in [4.78, 5) is 31.6. The van der Waals surface area contributed by atoms with Gasteiger partial charge < -0.3 is 5.32 Å². The average molecular weight is 421 g/mol. The Bertz CT molecular complexity index is 868. The third-order valence-electron chi connectivity index (χ3n) is 3.39. The third-order valence-corrected chi connectivity index (χ3v) is 3.94. The number of carbonyl (C=O) groups excluding carboxylic acids is 2. The molecule has 0 unspecified atom stereocenters. The van der Waals surface area contributed by atoms with Gasteiger partial charge in [-0.25, -0.2) is 22.9 Å². The molecule has 0 saturated carbocycles. The Morgan fingerprint density at radius 3 is 2.44 bits per heavy atom. The molecule has 2 N–H and O–H groups in total. The van der Waals surface area contributed by atoms with Gasteiger partial charge in [0.15, 0.2) is 11.0 Å². The highest BCUT2D eigenvalue weighted by Gasteiger charge is 2.23. The van der Waals surface area contributed by atoms with Crippen LogP contribution in [0.2, 0.25) is 10.3 Å². The van der Waals surface area contributed by atoms with Crippen molar-refractivity contribution in [2.24, 2.45) is 0 Å². The molecule has 0 atom stereocenters. The summed E-state index contributed by atoms with van der Waals surface area (Å²) in [6.45, 7) is 3.40. The van der Waals surface area contributed by atoms with E-state index in [1.165, 1.54) is 6.20 Å². The number of amides is 3. The molecule has 0 aromatic carbocycles. The summed E-state index contributed by atoms with van der Waals surface area (Å²) in [6, 6.07) is 0.640. The van der Waals surface area contributed by atoms with Crippen molar-refractivity contribution in [1.29, 1.82) is 0 Å². The van der Waals surface area contributed by atoms with E-state index in [4.69, 9.17) is 23.2 Å². The number of carbonyl (C=O) groups is 2. The van der Waals surface area contributed by atoms with Crippen molar-refractivity contribution >= 4 is 40.8 Å². The molecule has 0 saturated heterocycles. The lowest BCUT2D eigenvalue weighted by molar-refractivity contribution is 0.0966. The molecule has 0 spiro atoms. The summed E-state index contributed by atoms with van der Waals surface area (Å²) in [6.07, 6.45) is -1.67. The minimum atomic E-state index is -2.87. The number of hydrogen-bond donors (Lipinski definition) is 2. The minimum absolute atomic E-state index is 0.209. The van der Waals surface area contributed by atoms with Gasteiger partial charge in [-0.05, 0) is 18.1 Å². The number of imide groups is 1. The predicted molar refractivity (Wildman–Crippen MR) is 94.0 cm³/mol. The molecule has 0 bridgehead atoms. The summed E-state index contributed by atoms with van der Waals surface area (Å²) in [5.41, 5.74) is -0.890. The van der Waals surface area contributed by atoms with E-state index >= 15 is 0 Å². The van der Waals surface area contributed by atoms with Crippen LogP contribution >= 0.6 is 23.2 Å². The molecule has 2 aromatic rings. The second-order valence-electron chi connectivity index (χ2n) is 5.62. The molecule has 0 radical (unpaired) electrons. The molecule has 144 valence electrons. The Morgan fingerprint density at radius 2 is 1.85 bits per heavy atom. The van der Waals surface area contributed by atoms with Gasteiger partial charge in [0.05, 0.1) is 16.9 Å². The van der Waals surface area contributed by atoms with E-state index in [1.54, 1.807) is 13.8 Å². The zero-order chi connectivity index (χ0) is 20.3. The number of halogens is 5. The molecule has 6 nitrogen and oxygen atoms in total. The number of aromatic nitrogens is 2. The maximum absolute atomic E-state index is 13.5. The van der Waals surface area contributed by atoms with Crippen LogP contribution in [0.3, 0.4) is 0 Å². The topological polar surface area (TPSA) is 84.0 Å². The maximum Gasteiger partial charge on any atom is 0.326 e. The number of nitrogens with one attached hydrogen (secondary N) is 2. The number of urea groups is 1. The number of nitrogens with zero attached hydrogens (tertiary/aromatic N) is 2. The van der Waals surface area contributed by atoms with Crippen LogP contribution in [-0.2, 0) is 0 Å². The predicted octanol–water partition coefficient (Wildman–Crippen LogP) is 4.95. The molecule has 2 aromatic heterocycles. The third kappa shape index (κ3) is 4.86. The van der Waals surface area contributed by atoms with Crippen LogP contribution in [0.5, 0.6) is 0 Å². The van der Waals surface area contributed by atoms with Crippen LogP contribution in [-0.4, -0.2) is 21.9 Å². The molecular formula is C16H13Cl2F3N4O2. The van der Waals surface area contributed by atoms with Crippen LogP contribution in [0.25, 0.3) is 0 Å².